The van der Waals surface area contributed by atoms with Gasteiger partial charge in [0.2, 0.25) is 0 Å². The van der Waals surface area contributed by atoms with Crippen LogP contribution in [0.4, 0.5) is 0 Å². The molecule has 1 saturated carbocycles. The summed E-state index contributed by atoms with van der Waals surface area (Å²) in [4.78, 5) is 17.9. The molecule has 0 spiro atoms. The van der Waals surface area contributed by atoms with Crippen LogP contribution >= 0.6 is 0 Å². The monoisotopic (exact) mass is 238 g/mol. The fraction of sp³-hybridized carbons (Fsp3) is 0.667. The standard InChI is InChI=1S/C12H18N2O3/c1-8-3-5-12(17-2,6-4-8)11-13-7-9(14-11)10(15)16/h7-8H,3-6H2,1-2H3,(H,13,14)(H,15,16). The number of aromatic carboxylic acids is 1. The fourth-order valence-electron chi connectivity index (χ4n) is 2.43. The molecule has 94 valence electrons. The summed E-state index contributed by atoms with van der Waals surface area (Å²) in [6, 6.07) is 0. The lowest BCUT2D eigenvalue weighted by Gasteiger charge is -2.36. The summed E-state index contributed by atoms with van der Waals surface area (Å²) in [6.45, 7) is 2.23. The summed E-state index contributed by atoms with van der Waals surface area (Å²) in [7, 11) is 1.67. The van der Waals surface area contributed by atoms with Crippen LogP contribution < -0.4 is 0 Å². The van der Waals surface area contributed by atoms with Crippen molar-refractivity contribution in [1.82, 2.24) is 9.97 Å². The van der Waals surface area contributed by atoms with Crippen molar-refractivity contribution in [3.05, 3.63) is 17.7 Å². The SMILES string of the molecule is COC1(c2ncc(C(=O)O)[nH]2)CCC(C)CC1. The highest BCUT2D eigenvalue weighted by Gasteiger charge is 2.38. The van der Waals surface area contributed by atoms with Crippen molar-refractivity contribution in [2.45, 2.75) is 38.2 Å². The molecule has 0 aromatic carbocycles. The number of hydrogen-bond acceptors (Lipinski definition) is 3. The van der Waals surface area contributed by atoms with Crippen molar-refractivity contribution >= 4 is 5.97 Å². The van der Waals surface area contributed by atoms with Crippen molar-refractivity contribution in [2.75, 3.05) is 7.11 Å². The molecular formula is C12H18N2O3. The summed E-state index contributed by atoms with van der Waals surface area (Å²) >= 11 is 0. The lowest BCUT2D eigenvalue weighted by Crippen LogP contribution is -2.34. The molecule has 1 aliphatic carbocycles. The van der Waals surface area contributed by atoms with E-state index in [0.717, 1.165) is 25.7 Å². The highest BCUT2D eigenvalue weighted by atomic mass is 16.5. The first kappa shape index (κ1) is 12.1. The predicted molar refractivity (Wildman–Crippen MR) is 61.9 cm³/mol. The van der Waals surface area contributed by atoms with Gasteiger partial charge in [0.1, 0.15) is 17.1 Å². The molecule has 1 fully saturated rings. The second-order valence-electron chi connectivity index (χ2n) is 4.83. The molecule has 5 nitrogen and oxygen atoms in total. The van der Waals surface area contributed by atoms with Gasteiger partial charge in [-0.2, -0.15) is 0 Å². The van der Waals surface area contributed by atoms with Crippen LogP contribution in [0.3, 0.4) is 0 Å². The summed E-state index contributed by atoms with van der Waals surface area (Å²) in [6.07, 6.45) is 5.29. The molecule has 1 heterocycles. The van der Waals surface area contributed by atoms with E-state index in [0.29, 0.717) is 11.7 Å². The normalized spacial score (nSPS) is 29.2. The molecule has 0 atom stereocenters. The number of aromatic nitrogens is 2. The van der Waals surface area contributed by atoms with Crippen molar-refractivity contribution in [2.24, 2.45) is 5.92 Å². The second-order valence-corrected chi connectivity index (χ2v) is 4.83. The Kier molecular flexibility index (Phi) is 3.19. The minimum absolute atomic E-state index is 0.120. The van der Waals surface area contributed by atoms with Gasteiger partial charge in [-0.1, -0.05) is 6.92 Å². The fourth-order valence-corrected chi connectivity index (χ4v) is 2.43. The van der Waals surface area contributed by atoms with Gasteiger partial charge in [0.15, 0.2) is 0 Å². The molecular weight excluding hydrogens is 220 g/mol. The van der Waals surface area contributed by atoms with Gasteiger partial charge in [-0.05, 0) is 31.6 Å². The Morgan fingerprint density at radius 3 is 2.71 bits per heavy atom. The number of imidazole rings is 1. The summed E-state index contributed by atoms with van der Waals surface area (Å²) < 4.78 is 5.62. The van der Waals surface area contributed by atoms with E-state index in [-0.39, 0.29) is 5.69 Å². The van der Waals surface area contributed by atoms with Crippen LogP contribution in [0, 0.1) is 5.92 Å². The van der Waals surface area contributed by atoms with Crippen LogP contribution in [0.1, 0.15) is 48.9 Å². The Bertz CT molecular complexity index is 406. The Morgan fingerprint density at radius 1 is 1.59 bits per heavy atom. The van der Waals surface area contributed by atoms with E-state index >= 15 is 0 Å². The molecule has 0 saturated heterocycles. The summed E-state index contributed by atoms with van der Waals surface area (Å²) in [5, 5.41) is 8.88. The zero-order chi connectivity index (χ0) is 12.5. The van der Waals surface area contributed by atoms with Gasteiger partial charge >= 0.3 is 5.97 Å². The van der Waals surface area contributed by atoms with Crippen molar-refractivity contribution in [1.29, 1.82) is 0 Å². The number of carbonyl (C=O) groups is 1. The molecule has 0 radical (unpaired) electrons. The maximum absolute atomic E-state index is 10.8. The number of aromatic amines is 1. The highest BCUT2D eigenvalue weighted by molar-refractivity contribution is 5.85. The molecule has 17 heavy (non-hydrogen) atoms. The molecule has 2 N–H and O–H groups in total. The van der Waals surface area contributed by atoms with E-state index in [4.69, 9.17) is 9.84 Å². The number of nitrogens with zero attached hydrogens (tertiary/aromatic N) is 1. The topological polar surface area (TPSA) is 75.2 Å². The first-order valence-corrected chi connectivity index (χ1v) is 5.91. The van der Waals surface area contributed by atoms with Crippen LogP contribution in [-0.2, 0) is 10.3 Å². The van der Waals surface area contributed by atoms with Gasteiger partial charge in [-0.25, -0.2) is 9.78 Å². The number of hydrogen-bond donors (Lipinski definition) is 2. The molecule has 0 aliphatic heterocycles. The summed E-state index contributed by atoms with van der Waals surface area (Å²) in [5.41, 5.74) is -0.310. The smallest absolute Gasteiger partial charge is 0.353 e. The lowest BCUT2D eigenvalue weighted by molar-refractivity contribution is -0.0592. The van der Waals surface area contributed by atoms with Gasteiger partial charge in [0.25, 0.3) is 0 Å². The Balaban J connectivity index is 2.25. The molecule has 1 aromatic heterocycles. The van der Waals surface area contributed by atoms with Crippen LogP contribution in [-0.4, -0.2) is 28.2 Å². The number of carboxylic acids is 1. The number of rotatable bonds is 3. The maximum Gasteiger partial charge on any atom is 0.353 e. The number of carboxylic acid groups (broad SMARTS) is 1. The number of ether oxygens (including phenoxy) is 1. The van der Waals surface area contributed by atoms with Crippen LogP contribution in [0.5, 0.6) is 0 Å². The number of nitrogens with one attached hydrogen (secondary N) is 1. The zero-order valence-corrected chi connectivity index (χ0v) is 10.2. The van der Waals surface area contributed by atoms with E-state index < -0.39 is 11.6 Å². The van der Waals surface area contributed by atoms with E-state index in [2.05, 4.69) is 16.9 Å². The average molecular weight is 238 g/mol. The third kappa shape index (κ3) is 2.20. The Hall–Kier alpha value is -1.36. The van der Waals surface area contributed by atoms with Crippen molar-refractivity contribution in [3.8, 4) is 0 Å². The lowest BCUT2D eigenvalue weighted by atomic mass is 9.79. The van der Waals surface area contributed by atoms with Gasteiger partial charge in [-0.3, -0.25) is 0 Å². The van der Waals surface area contributed by atoms with E-state index in [1.807, 2.05) is 0 Å². The van der Waals surface area contributed by atoms with Crippen LogP contribution in [0.15, 0.2) is 6.20 Å². The molecule has 2 rings (SSSR count). The van der Waals surface area contributed by atoms with E-state index in [1.54, 1.807) is 7.11 Å². The minimum atomic E-state index is -0.987. The molecule has 0 unspecified atom stereocenters. The van der Waals surface area contributed by atoms with Crippen LogP contribution in [0.2, 0.25) is 0 Å². The zero-order valence-electron chi connectivity index (χ0n) is 10.2. The Labute approximate surface area is 100 Å². The van der Waals surface area contributed by atoms with Crippen LogP contribution in [0.25, 0.3) is 0 Å². The average Bonchev–Trinajstić information content (AvgIpc) is 2.81. The number of H-pyrrole nitrogens is 1. The molecule has 1 aliphatic rings. The number of methoxy groups -OCH3 is 1. The maximum atomic E-state index is 10.8. The third-order valence-corrected chi connectivity index (χ3v) is 3.71. The van der Waals surface area contributed by atoms with Gasteiger partial charge < -0.3 is 14.8 Å². The van der Waals surface area contributed by atoms with Crippen molar-refractivity contribution < 1.29 is 14.6 Å². The molecule has 5 heteroatoms. The predicted octanol–water partition coefficient (Wildman–Crippen LogP) is 2.16. The first-order valence-electron chi connectivity index (χ1n) is 5.91. The first-order chi connectivity index (χ1) is 8.07. The molecule has 1 aromatic rings. The molecule has 0 bridgehead atoms. The van der Waals surface area contributed by atoms with Gasteiger partial charge in [0.05, 0.1) is 6.20 Å². The molecule has 0 amide bonds. The highest BCUT2D eigenvalue weighted by Crippen LogP contribution is 2.40. The largest absolute Gasteiger partial charge is 0.477 e. The van der Waals surface area contributed by atoms with E-state index in [9.17, 15) is 4.79 Å². The summed E-state index contributed by atoms with van der Waals surface area (Å²) in [5.74, 6) is 0.357. The van der Waals surface area contributed by atoms with Crippen molar-refractivity contribution in [3.63, 3.8) is 0 Å². The minimum Gasteiger partial charge on any atom is -0.477 e. The Morgan fingerprint density at radius 2 is 2.24 bits per heavy atom. The van der Waals surface area contributed by atoms with Gasteiger partial charge in [-0.15, -0.1) is 0 Å². The second kappa shape index (κ2) is 4.49. The van der Waals surface area contributed by atoms with E-state index in [1.165, 1.54) is 6.20 Å². The third-order valence-electron chi connectivity index (χ3n) is 3.71. The quantitative estimate of drug-likeness (QED) is 0.846. The van der Waals surface area contributed by atoms with Gasteiger partial charge in [0, 0.05) is 7.11 Å².